The number of hydrogen-bond donors (Lipinski definition) is 2. The summed E-state index contributed by atoms with van der Waals surface area (Å²) in [5.74, 6) is -1.99. The molecule has 19 heavy (non-hydrogen) atoms. The molecule has 0 bridgehead atoms. The van der Waals surface area contributed by atoms with Gasteiger partial charge in [-0.3, -0.25) is 9.40 Å². The van der Waals surface area contributed by atoms with Crippen LogP contribution >= 0.6 is 0 Å². The van der Waals surface area contributed by atoms with E-state index in [1.54, 1.807) is 0 Å². The number of nitrogens with two attached hydrogens (primary N) is 1. The number of anilines is 2. The van der Waals surface area contributed by atoms with Crippen LogP contribution in [0.15, 0.2) is 29.3 Å². The first-order valence-electron chi connectivity index (χ1n) is 5.06. The highest BCUT2D eigenvalue weighted by atomic mass is 32.2. The molecule has 2 aromatic rings. The summed E-state index contributed by atoms with van der Waals surface area (Å²) in [5.41, 5.74) is 5.21. The van der Waals surface area contributed by atoms with Crippen LogP contribution in [0.2, 0.25) is 0 Å². The van der Waals surface area contributed by atoms with E-state index in [4.69, 9.17) is 5.73 Å². The van der Waals surface area contributed by atoms with Gasteiger partial charge in [-0.05, 0) is 12.1 Å². The standard InChI is InChI=1S/C10H10F2N4O2S/c1-16-5-9(10(13)14-16)19(17,18)15-8-3-6(11)2-7(12)4-8/h2-5,15H,1H3,(H2,13,14). The van der Waals surface area contributed by atoms with Crippen molar-refractivity contribution in [3.63, 3.8) is 0 Å². The molecule has 0 amide bonds. The van der Waals surface area contributed by atoms with Gasteiger partial charge in [0.1, 0.15) is 16.5 Å². The van der Waals surface area contributed by atoms with Crippen LogP contribution in [0.1, 0.15) is 0 Å². The second kappa shape index (κ2) is 4.50. The Labute approximate surface area is 107 Å². The molecular formula is C10H10F2N4O2S. The van der Waals surface area contributed by atoms with Crippen LogP contribution in [0.25, 0.3) is 0 Å². The fourth-order valence-corrected chi connectivity index (χ4v) is 2.66. The Morgan fingerprint density at radius 3 is 2.32 bits per heavy atom. The van der Waals surface area contributed by atoms with Crippen LogP contribution in [0.4, 0.5) is 20.3 Å². The summed E-state index contributed by atoms with van der Waals surface area (Å²) in [6, 6.07) is 2.34. The van der Waals surface area contributed by atoms with Gasteiger partial charge < -0.3 is 5.73 Å². The quantitative estimate of drug-likeness (QED) is 0.884. The lowest BCUT2D eigenvalue weighted by molar-refractivity contribution is 0.584. The average molecular weight is 288 g/mol. The predicted octanol–water partition coefficient (Wildman–Crippen LogP) is 1.08. The van der Waals surface area contributed by atoms with E-state index in [0.717, 1.165) is 12.1 Å². The SMILES string of the molecule is Cn1cc(S(=O)(=O)Nc2cc(F)cc(F)c2)c(N)n1. The van der Waals surface area contributed by atoms with Crippen molar-refractivity contribution >= 4 is 21.5 Å². The Morgan fingerprint density at radius 2 is 1.84 bits per heavy atom. The maximum absolute atomic E-state index is 13.0. The predicted molar refractivity (Wildman–Crippen MR) is 64.8 cm³/mol. The van der Waals surface area contributed by atoms with Gasteiger partial charge >= 0.3 is 0 Å². The largest absolute Gasteiger partial charge is 0.381 e. The van der Waals surface area contributed by atoms with Crippen molar-refractivity contribution < 1.29 is 17.2 Å². The molecule has 0 aliphatic rings. The third-order valence-electron chi connectivity index (χ3n) is 2.23. The summed E-state index contributed by atoms with van der Waals surface area (Å²) in [6.07, 6.45) is 1.19. The van der Waals surface area contributed by atoms with E-state index in [2.05, 4.69) is 5.10 Å². The number of nitrogens with zero attached hydrogens (tertiary/aromatic N) is 2. The van der Waals surface area contributed by atoms with Crippen LogP contribution in [-0.4, -0.2) is 18.2 Å². The molecule has 1 aromatic carbocycles. The fraction of sp³-hybridized carbons (Fsp3) is 0.100. The summed E-state index contributed by atoms with van der Waals surface area (Å²) in [7, 11) is -2.55. The summed E-state index contributed by atoms with van der Waals surface area (Å²) < 4.78 is 53.1. The van der Waals surface area contributed by atoms with Gasteiger partial charge in [0.25, 0.3) is 10.0 Å². The Morgan fingerprint density at radius 1 is 1.26 bits per heavy atom. The molecule has 9 heteroatoms. The third kappa shape index (κ3) is 2.81. The zero-order valence-electron chi connectivity index (χ0n) is 9.76. The van der Waals surface area contributed by atoms with Crippen LogP contribution in [0, 0.1) is 11.6 Å². The number of sulfonamides is 1. The molecule has 1 heterocycles. The molecule has 0 fully saturated rings. The lowest BCUT2D eigenvalue weighted by Gasteiger charge is -2.07. The molecule has 102 valence electrons. The second-order valence-electron chi connectivity index (χ2n) is 3.82. The highest BCUT2D eigenvalue weighted by Gasteiger charge is 2.21. The number of hydrogen-bond acceptors (Lipinski definition) is 4. The van der Waals surface area contributed by atoms with Gasteiger partial charge in [-0.15, -0.1) is 0 Å². The number of aryl methyl sites for hydroxylation is 1. The van der Waals surface area contributed by atoms with E-state index in [-0.39, 0.29) is 16.4 Å². The zero-order valence-corrected chi connectivity index (χ0v) is 10.6. The average Bonchev–Trinajstić information content (AvgIpc) is 2.56. The summed E-state index contributed by atoms with van der Waals surface area (Å²) in [5, 5.41) is 3.68. The topological polar surface area (TPSA) is 90.0 Å². The monoisotopic (exact) mass is 288 g/mol. The Hall–Kier alpha value is -2.16. The zero-order chi connectivity index (χ0) is 14.2. The van der Waals surface area contributed by atoms with Gasteiger partial charge in [0.15, 0.2) is 5.82 Å². The minimum atomic E-state index is -4.05. The van der Waals surface area contributed by atoms with E-state index >= 15 is 0 Å². The molecule has 0 saturated carbocycles. The van der Waals surface area contributed by atoms with Gasteiger partial charge in [-0.25, -0.2) is 17.2 Å². The number of aromatic nitrogens is 2. The van der Waals surface area contributed by atoms with Crippen LogP contribution in [0.5, 0.6) is 0 Å². The van der Waals surface area contributed by atoms with Gasteiger partial charge in [0, 0.05) is 19.3 Å². The van der Waals surface area contributed by atoms with E-state index in [1.807, 2.05) is 4.72 Å². The smallest absolute Gasteiger partial charge is 0.267 e. The molecule has 0 aliphatic carbocycles. The summed E-state index contributed by atoms with van der Waals surface area (Å²) >= 11 is 0. The first-order chi connectivity index (χ1) is 8.78. The summed E-state index contributed by atoms with van der Waals surface area (Å²) in [6.45, 7) is 0. The Balaban J connectivity index is 2.39. The Bertz CT molecular complexity index is 707. The molecule has 0 spiro atoms. The van der Waals surface area contributed by atoms with Crippen molar-refractivity contribution in [3.8, 4) is 0 Å². The minimum absolute atomic E-state index is 0.202. The first kappa shape index (κ1) is 13.3. The Kier molecular flexibility index (Phi) is 3.14. The highest BCUT2D eigenvalue weighted by Crippen LogP contribution is 2.21. The molecule has 0 aliphatic heterocycles. The lowest BCUT2D eigenvalue weighted by Crippen LogP contribution is -2.14. The fourth-order valence-electron chi connectivity index (χ4n) is 1.51. The normalized spacial score (nSPS) is 11.5. The molecule has 0 radical (unpaired) electrons. The van der Waals surface area contributed by atoms with E-state index in [0.29, 0.717) is 6.07 Å². The van der Waals surface area contributed by atoms with Crippen molar-refractivity contribution in [2.45, 2.75) is 4.90 Å². The minimum Gasteiger partial charge on any atom is -0.381 e. The van der Waals surface area contributed by atoms with Crippen molar-refractivity contribution in [3.05, 3.63) is 36.0 Å². The van der Waals surface area contributed by atoms with E-state index < -0.39 is 21.7 Å². The highest BCUT2D eigenvalue weighted by molar-refractivity contribution is 7.92. The van der Waals surface area contributed by atoms with Crippen LogP contribution in [-0.2, 0) is 17.1 Å². The maximum atomic E-state index is 13.0. The third-order valence-corrected chi connectivity index (χ3v) is 3.62. The second-order valence-corrected chi connectivity index (χ2v) is 5.47. The number of nitrogens with one attached hydrogen (secondary N) is 1. The lowest BCUT2D eigenvalue weighted by atomic mass is 10.3. The van der Waals surface area contributed by atoms with Crippen molar-refractivity contribution in [2.24, 2.45) is 7.05 Å². The molecule has 1 aromatic heterocycles. The molecule has 2 rings (SSSR count). The number of halogens is 2. The van der Waals surface area contributed by atoms with Crippen molar-refractivity contribution in [2.75, 3.05) is 10.5 Å². The van der Waals surface area contributed by atoms with Gasteiger partial charge in [0.05, 0.1) is 5.69 Å². The van der Waals surface area contributed by atoms with Gasteiger partial charge in [-0.1, -0.05) is 0 Å². The first-order valence-corrected chi connectivity index (χ1v) is 6.54. The van der Waals surface area contributed by atoms with Gasteiger partial charge in [-0.2, -0.15) is 5.10 Å². The van der Waals surface area contributed by atoms with Crippen molar-refractivity contribution in [1.29, 1.82) is 0 Å². The molecule has 0 atom stereocenters. The van der Waals surface area contributed by atoms with E-state index in [1.165, 1.54) is 17.9 Å². The van der Waals surface area contributed by atoms with Gasteiger partial charge in [0.2, 0.25) is 0 Å². The number of rotatable bonds is 3. The number of nitrogen functional groups attached to an aromatic ring is 1. The molecule has 3 N–H and O–H groups in total. The number of benzene rings is 1. The van der Waals surface area contributed by atoms with Crippen LogP contribution in [0.3, 0.4) is 0 Å². The van der Waals surface area contributed by atoms with Crippen LogP contribution < -0.4 is 10.5 Å². The molecule has 6 nitrogen and oxygen atoms in total. The van der Waals surface area contributed by atoms with E-state index in [9.17, 15) is 17.2 Å². The summed E-state index contributed by atoms with van der Waals surface area (Å²) in [4.78, 5) is -0.264. The van der Waals surface area contributed by atoms with Crippen molar-refractivity contribution in [1.82, 2.24) is 9.78 Å². The molecular weight excluding hydrogens is 278 g/mol. The molecule has 0 saturated heterocycles. The molecule has 0 unspecified atom stereocenters. The maximum Gasteiger partial charge on any atom is 0.267 e.